The molecule has 7 heterocycles. The SMILES string of the molecule is CC(C)(O)COc1cc(-c2ccc(N3CC4CC(C3)N4Cc3ccc(Cl)nc3)nc2)c2c(C#N)cnn2c1. The molecule has 4 aromatic rings. The van der Waals surface area contributed by atoms with Gasteiger partial charge in [-0.1, -0.05) is 17.7 Å². The van der Waals surface area contributed by atoms with Crippen molar-refractivity contribution in [2.75, 3.05) is 24.6 Å². The van der Waals surface area contributed by atoms with Crippen LogP contribution in [0.2, 0.25) is 5.15 Å². The zero-order valence-corrected chi connectivity index (χ0v) is 22.0. The predicted octanol–water partition coefficient (Wildman–Crippen LogP) is 3.93. The van der Waals surface area contributed by atoms with Crippen LogP contribution in [0.3, 0.4) is 0 Å². The fraction of sp³-hybridized carbons (Fsp3) is 0.357. The Labute approximate surface area is 225 Å². The van der Waals surface area contributed by atoms with Gasteiger partial charge in [0.25, 0.3) is 0 Å². The van der Waals surface area contributed by atoms with Crippen molar-refractivity contribution in [3.63, 3.8) is 0 Å². The summed E-state index contributed by atoms with van der Waals surface area (Å²) in [7, 11) is 0. The summed E-state index contributed by atoms with van der Waals surface area (Å²) in [5, 5.41) is 24.6. The molecule has 0 aliphatic carbocycles. The quantitative estimate of drug-likeness (QED) is 0.359. The van der Waals surface area contributed by atoms with Gasteiger partial charge in [-0.05, 0) is 50.1 Å². The van der Waals surface area contributed by atoms with Crippen molar-refractivity contribution in [3.05, 3.63) is 71.4 Å². The lowest BCUT2D eigenvalue weighted by atomic mass is 9.87. The van der Waals surface area contributed by atoms with Crippen molar-refractivity contribution in [2.45, 2.75) is 44.5 Å². The zero-order valence-electron chi connectivity index (χ0n) is 21.3. The molecule has 3 aliphatic rings. The van der Waals surface area contributed by atoms with Crippen molar-refractivity contribution < 1.29 is 9.84 Å². The summed E-state index contributed by atoms with van der Waals surface area (Å²) in [5.74, 6) is 1.49. The highest BCUT2D eigenvalue weighted by Crippen LogP contribution is 2.36. The molecular weight excluding hydrogens is 502 g/mol. The molecule has 2 bridgehead atoms. The summed E-state index contributed by atoms with van der Waals surface area (Å²) >= 11 is 5.93. The van der Waals surface area contributed by atoms with Gasteiger partial charge in [0.2, 0.25) is 0 Å². The van der Waals surface area contributed by atoms with Gasteiger partial charge in [-0.2, -0.15) is 10.4 Å². The third-order valence-corrected chi connectivity index (χ3v) is 7.40. The Balaban J connectivity index is 1.21. The molecule has 0 saturated carbocycles. The first-order valence-corrected chi connectivity index (χ1v) is 13.0. The first-order chi connectivity index (χ1) is 18.3. The van der Waals surface area contributed by atoms with E-state index in [0.717, 1.165) is 36.6 Å². The Morgan fingerprint density at radius 1 is 1.13 bits per heavy atom. The number of rotatable bonds is 7. The van der Waals surface area contributed by atoms with E-state index in [1.165, 1.54) is 12.0 Å². The molecule has 0 aromatic carbocycles. The summed E-state index contributed by atoms with van der Waals surface area (Å²) < 4.78 is 7.48. The Morgan fingerprint density at radius 2 is 1.95 bits per heavy atom. The molecule has 0 amide bonds. The Morgan fingerprint density at radius 3 is 2.61 bits per heavy atom. The molecule has 7 rings (SSSR count). The van der Waals surface area contributed by atoms with Crippen LogP contribution in [0.1, 0.15) is 31.4 Å². The van der Waals surface area contributed by atoms with Gasteiger partial charge in [0.15, 0.2) is 0 Å². The highest BCUT2D eigenvalue weighted by molar-refractivity contribution is 6.29. The average Bonchev–Trinajstić information content (AvgIpc) is 3.34. The number of nitrogens with zero attached hydrogens (tertiary/aromatic N) is 7. The third kappa shape index (κ3) is 4.78. The van der Waals surface area contributed by atoms with E-state index in [0.29, 0.717) is 34.1 Å². The molecule has 2 unspecified atom stereocenters. The van der Waals surface area contributed by atoms with E-state index in [-0.39, 0.29) is 6.61 Å². The summed E-state index contributed by atoms with van der Waals surface area (Å²) in [4.78, 5) is 13.9. The molecular formula is C28H28ClN7O2. The molecule has 4 aromatic heterocycles. The third-order valence-electron chi connectivity index (χ3n) is 7.18. The fourth-order valence-electron chi connectivity index (χ4n) is 5.31. The predicted molar refractivity (Wildman–Crippen MR) is 144 cm³/mol. The summed E-state index contributed by atoms with van der Waals surface area (Å²) in [6.07, 6.45) is 8.17. The molecule has 3 fully saturated rings. The van der Waals surface area contributed by atoms with Crippen LogP contribution in [0.15, 0.2) is 55.1 Å². The topological polar surface area (TPSA) is 103 Å². The molecule has 0 radical (unpaired) electrons. The molecule has 3 saturated heterocycles. The number of aliphatic hydroxyl groups is 1. The monoisotopic (exact) mass is 529 g/mol. The second kappa shape index (κ2) is 9.55. The van der Waals surface area contributed by atoms with Gasteiger partial charge in [-0.15, -0.1) is 0 Å². The molecule has 9 nitrogen and oxygen atoms in total. The van der Waals surface area contributed by atoms with E-state index in [4.69, 9.17) is 21.3 Å². The first kappa shape index (κ1) is 24.6. The molecule has 3 aliphatic heterocycles. The van der Waals surface area contributed by atoms with Gasteiger partial charge in [0, 0.05) is 55.2 Å². The molecule has 1 N–H and O–H groups in total. The van der Waals surface area contributed by atoms with E-state index in [2.05, 4.69) is 26.0 Å². The van der Waals surface area contributed by atoms with Gasteiger partial charge < -0.3 is 14.7 Å². The highest BCUT2D eigenvalue weighted by atomic mass is 35.5. The lowest BCUT2D eigenvalue weighted by Gasteiger charge is -2.56. The minimum atomic E-state index is -0.976. The number of aromatic nitrogens is 4. The molecule has 38 heavy (non-hydrogen) atoms. The van der Waals surface area contributed by atoms with Gasteiger partial charge in [0.05, 0.1) is 29.1 Å². The molecule has 2 atom stereocenters. The fourth-order valence-corrected chi connectivity index (χ4v) is 5.43. The minimum Gasteiger partial charge on any atom is -0.489 e. The second-order valence-electron chi connectivity index (χ2n) is 10.7. The summed E-state index contributed by atoms with van der Waals surface area (Å²) in [5.41, 5.74) is 3.04. The van der Waals surface area contributed by atoms with Crippen molar-refractivity contribution in [1.82, 2.24) is 24.5 Å². The van der Waals surface area contributed by atoms with Crippen molar-refractivity contribution >= 4 is 22.9 Å². The number of fused-ring (bicyclic) bond motifs is 3. The smallest absolute Gasteiger partial charge is 0.138 e. The van der Waals surface area contributed by atoms with Crippen LogP contribution in [0.25, 0.3) is 16.6 Å². The Kier molecular flexibility index (Phi) is 6.19. The van der Waals surface area contributed by atoms with Crippen LogP contribution < -0.4 is 9.64 Å². The van der Waals surface area contributed by atoms with Crippen LogP contribution >= 0.6 is 11.6 Å². The number of hydrogen-bond acceptors (Lipinski definition) is 8. The number of hydrogen-bond donors (Lipinski definition) is 1. The van der Waals surface area contributed by atoms with Crippen LogP contribution in [-0.4, -0.2) is 67.0 Å². The molecule has 194 valence electrons. The normalized spacial score (nSPS) is 19.3. The van der Waals surface area contributed by atoms with E-state index in [1.54, 1.807) is 30.8 Å². The van der Waals surface area contributed by atoms with Crippen LogP contribution in [-0.2, 0) is 6.54 Å². The van der Waals surface area contributed by atoms with Gasteiger partial charge in [0.1, 0.15) is 29.4 Å². The molecule has 0 spiro atoms. The van der Waals surface area contributed by atoms with Gasteiger partial charge in [-0.3, -0.25) is 4.90 Å². The largest absolute Gasteiger partial charge is 0.489 e. The Bertz CT molecular complexity index is 1490. The average molecular weight is 530 g/mol. The van der Waals surface area contributed by atoms with Crippen molar-refractivity contribution in [3.8, 4) is 22.9 Å². The lowest BCUT2D eigenvalue weighted by Crippen LogP contribution is -2.68. The number of piperidine rings is 1. The summed E-state index contributed by atoms with van der Waals surface area (Å²) in [6.45, 7) is 6.24. The van der Waals surface area contributed by atoms with E-state index in [9.17, 15) is 10.4 Å². The van der Waals surface area contributed by atoms with Crippen molar-refractivity contribution in [1.29, 1.82) is 5.26 Å². The zero-order chi connectivity index (χ0) is 26.4. The van der Waals surface area contributed by atoms with Crippen LogP contribution in [0.5, 0.6) is 5.75 Å². The maximum absolute atomic E-state index is 10.1. The number of halogens is 1. The first-order valence-electron chi connectivity index (χ1n) is 12.6. The van der Waals surface area contributed by atoms with Crippen molar-refractivity contribution in [2.24, 2.45) is 0 Å². The number of anilines is 1. The van der Waals surface area contributed by atoms with Gasteiger partial charge in [-0.25, -0.2) is 14.5 Å². The second-order valence-corrected chi connectivity index (χ2v) is 11.1. The van der Waals surface area contributed by atoms with E-state index >= 15 is 0 Å². The Hall–Kier alpha value is -3.71. The maximum Gasteiger partial charge on any atom is 0.138 e. The van der Waals surface area contributed by atoms with E-state index in [1.807, 2.05) is 42.7 Å². The highest BCUT2D eigenvalue weighted by Gasteiger charge is 2.44. The standard InChI is InChI=1S/C28H28ClN7O2/c1-28(2,37)17-38-23-8-24(27-20(9-30)12-33-36(27)16-23)19-4-6-26(32-11-19)34-14-21-7-22(15-34)35(21)13-18-3-5-25(29)31-10-18/h3-6,8,10-12,16,21-22,37H,7,13-15,17H2,1-2H3. The van der Waals surface area contributed by atoms with E-state index < -0.39 is 5.60 Å². The minimum absolute atomic E-state index is 0.129. The summed E-state index contributed by atoms with van der Waals surface area (Å²) in [6, 6.07) is 13.0. The number of ether oxygens (including phenoxy) is 1. The van der Waals surface area contributed by atoms with Crippen LogP contribution in [0.4, 0.5) is 5.82 Å². The number of pyridine rings is 3. The lowest BCUT2D eigenvalue weighted by molar-refractivity contribution is -0.00875. The number of nitriles is 1. The van der Waals surface area contributed by atoms with Crippen LogP contribution in [0, 0.1) is 11.3 Å². The van der Waals surface area contributed by atoms with Gasteiger partial charge >= 0.3 is 0 Å². The maximum atomic E-state index is 10.1. The number of piperazine rings is 1. The molecule has 10 heteroatoms.